The number of amides is 2. The van der Waals surface area contributed by atoms with Crippen LogP contribution in [0.25, 0.3) is 0 Å². The van der Waals surface area contributed by atoms with Crippen molar-refractivity contribution in [3.8, 4) is 0 Å². The Kier molecular flexibility index (Phi) is 6.90. The Labute approximate surface area is 122 Å². The lowest BCUT2D eigenvalue weighted by molar-refractivity contribution is -0.126. The molecule has 1 aromatic rings. The highest BCUT2D eigenvalue weighted by molar-refractivity contribution is 6.04. The van der Waals surface area contributed by atoms with E-state index in [1.165, 1.54) is 20.3 Å². The zero-order valence-corrected chi connectivity index (χ0v) is 12.0. The molecule has 2 N–H and O–H groups in total. The zero-order valence-electron chi connectivity index (χ0n) is 12.0. The second-order valence-corrected chi connectivity index (χ2v) is 4.14. The van der Waals surface area contributed by atoms with Crippen LogP contribution in [0.15, 0.2) is 24.3 Å². The number of esters is 1. The smallest absolute Gasteiger partial charge is 0.337 e. The van der Waals surface area contributed by atoms with Crippen molar-refractivity contribution in [2.24, 2.45) is 0 Å². The Morgan fingerprint density at radius 1 is 1.14 bits per heavy atom. The fourth-order valence-electron chi connectivity index (χ4n) is 1.55. The molecule has 0 spiro atoms. The molecule has 1 aromatic carbocycles. The lowest BCUT2D eigenvalue weighted by atomic mass is 10.2. The van der Waals surface area contributed by atoms with E-state index in [0.717, 1.165) is 0 Å². The molecule has 7 heteroatoms. The Bertz CT molecular complexity index is 516. The summed E-state index contributed by atoms with van der Waals surface area (Å²) in [5.74, 6) is -1.36. The van der Waals surface area contributed by atoms with E-state index < -0.39 is 17.8 Å². The van der Waals surface area contributed by atoms with Crippen LogP contribution in [-0.4, -0.2) is 45.2 Å². The van der Waals surface area contributed by atoms with Crippen LogP contribution in [0, 0.1) is 0 Å². The summed E-state index contributed by atoms with van der Waals surface area (Å²) in [6, 6.07) is 6.28. The first-order valence-electron chi connectivity index (χ1n) is 6.30. The van der Waals surface area contributed by atoms with Gasteiger partial charge in [0.1, 0.15) is 6.42 Å². The second-order valence-electron chi connectivity index (χ2n) is 4.14. The Hall–Kier alpha value is -2.41. The molecule has 2 amide bonds. The minimum Gasteiger partial charge on any atom is -0.465 e. The van der Waals surface area contributed by atoms with Gasteiger partial charge in [-0.3, -0.25) is 9.59 Å². The summed E-state index contributed by atoms with van der Waals surface area (Å²) >= 11 is 0. The number of hydrogen-bond acceptors (Lipinski definition) is 5. The predicted octanol–water partition coefficient (Wildman–Crippen LogP) is 0.564. The van der Waals surface area contributed by atoms with Crippen LogP contribution in [0.4, 0.5) is 5.69 Å². The third-order valence-corrected chi connectivity index (χ3v) is 2.52. The average molecular weight is 294 g/mol. The SMILES string of the molecule is COCCNC(=O)CC(=O)Nc1cccc(C(=O)OC)c1. The summed E-state index contributed by atoms with van der Waals surface area (Å²) in [6.45, 7) is 0.731. The number of carbonyl (C=O) groups excluding carboxylic acids is 3. The van der Waals surface area contributed by atoms with E-state index in [0.29, 0.717) is 24.4 Å². The third-order valence-electron chi connectivity index (χ3n) is 2.52. The Balaban J connectivity index is 2.51. The van der Waals surface area contributed by atoms with Crippen LogP contribution in [-0.2, 0) is 19.1 Å². The molecule has 0 aliphatic heterocycles. The highest BCUT2D eigenvalue weighted by atomic mass is 16.5. The zero-order chi connectivity index (χ0) is 15.7. The summed E-state index contributed by atoms with van der Waals surface area (Å²) < 4.78 is 9.37. The minimum atomic E-state index is -0.497. The van der Waals surface area contributed by atoms with Gasteiger partial charge in [0.2, 0.25) is 11.8 Å². The second kappa shape index (κ2) is 8.70. The van der Waals surface area contributed by atoms with Gasteiger partial charge in [-0.15, -0.1) is 0 Å². The summed E-state index contributed by atoms with van der Waals surface area (Å²) in [5.41, 5.74) is 0.743. The van der Waals surface area contributed by atoms with Crippen molar-refractivity contribution >= 4 is 23.5 Å². The molecule has 21 heavy (non-hydrogen) atoms. The normalized spacial score (nSPS) is 9.81. The van der Waals surface area contributed by atoms with E-state index >= 15 is 0 Å². The monoisotopic (exact) mass is 294 g/mol. The van der Waals surface area contributed by atoms with Gasteiger partial charge < -0.3 is 20.1 Å². The van der Waals surface area contributed by atoms with Gasteiger partial charge in [-0.1, -0.05) is 6.07 Å². The van der Waals surface area contributed by atoms with E-state index in [2.05, 4.69) is 15.4 Å². The lowest BCUT2D eigenvalue weighted by Gasteiger charge is -2.07. The molecule has 0 aliphatic carbocycles. The highest BCUT2D eigenvalue weighted by Crippen LogP contribution is 2.11. The van der Waals surface area contributed by atoms with E-state index in [4.69, 9.17) is 4.74 Å². The maximum Gasteiger partial charge on any atom is 0.337 e. The molecule has 0 radical (unpaired) electrons. The molecule has 1 rings (SSSR count). The molecule has 0 atom stereocenters. The van der Waals surface area contributed by atoms with Crippen LogP contribution in [0.5, 0.6) is 0 Å². The van der Waals surface area contributed by atoms with E-state index in [1.807, 2.05) is 0 Å². The van der Waals surface area contributed by atoms with Crippen LogP contribution >= 0.6 is 0 Å². The maximum absolute atomic E-state index is 11.7. The summed E-state index contributed by atoms with van der Waals surface area (Å²) in [4.78, 5) is 34.5. The molecular formula is C14H18N2O5. The fourth-order valence-corrected chi connectivity index (χ4v) is 1.55. The standard InChI is InChI=1S/C14H18N2O5/c1-20-7-6-15-12(17)9-13(18)16-11-5-3-4-10(8-11)14(19)21-2/h3-5,8H,6-7,9H2,1-2H3,(H,15,17)(H,16,18). The van der Waals surface area contributed by atoms with Gasteiger partial charge in [-0.2, -0.15) is 0 Å². The quantitative estimate of drug-likeness (QED) is 0.435. The van der Waals surface area contributed by atoms with Crippen LogP contribution < -0.4 is 10.6 Å². The molecular weight excluding hydrogens is 276 g/mol. The van der Waals surface area contributed by atoms with Crippen molar-refractivity contribution in [1.82, 2.24) is 5.32 Å². The molecule has 0 bridgehead atoms. The number of nitrogens with one attached hydrogen (secondary N) is 2. The minimum absolute atomic E-state index is 0.299. The van der Waals surface area contributed by atoms with E-state index in [9.17, 15) is 14.4 Å². The first-order chi connectivity index (χ1) is 10.1. The number of anilines is 1. The number of benzene rings is 1. The molecule has 0 aromatic heterocycles. The molecule has 0 heterocycles. The van der Waals surface area contributed by atoms with Gasteiger partial charge in [0, 0.05) is 19.3 Å². The van der Waals surface area contributed by atoms with Gasteiger partial charge in [0.05, 0.1) is 19.3 Å². The molecule has 0 aliphatic rings. The Morgan fingerprint density at radius 3 is 2.57 bits per heavy atom. The average Bonchev–Trinajstić information content (AvgIpc) is 2.46. The van der Waals surface area contributed by atoms with Crippen LogP contribution in [0.1, 0.15) is 16.8 Å². The number of rotatable bonds is 7. The molecule has 0 saturated heterocycles. The fraction of sp³-hybridized carbons (Fsp3) is 0.357. The van der Waals surface area contributed by atoms with Crippen LogP contribution in [0.3, 0.4) is 0 Å². The largest absolute Gasteiger partial charge is 0.465 e. The van der Waals surface area contributed by atoms with Crippen LogP contribution in [0.2, 0.25) is 0 Å². The van der Waals surface area contributed by atoms with Gasteiger partial charge in [-0.25, -0.2) is 4.79 Å². The number of carbonyl (C=O) groups is 3. The topological polar surface area (TPSA) is 93.7 Å². The van der Waals surface area contributed by atoms with Crippen molar-refractivity contribution in [3.63, 3.8) is 0 Å². The summed E-state index contributed by atoms with van der Waals surface area (Å²) in [5, 5.41) is 5.08. The Morgan fingerprint density at radius 2 is 1.90 bits per heavy atom. The van der Waals surface area contributed by atoms with Gasteiger partial charge in [0.15, 0.2) is 0 Å². The summed E-state index contributed by atoms with van der Waals surface area (Å²) in [6.07, 6.45) is -0.299. The molecule has 0 fully saturated rings. The number of hydrogen-bond donors (Lipinski definition) is 2. The molecule has 0 unspecified atom stereocenters. The summed E-state index contributed by atoms with van der Waals surface area (Å²) in [7, 11) is 2.80. The van der Waals surface area contributed by atoms with E-state index in [1.54, 1.807) is 18.2 Å². The van der Waals surface area contributed by atoms with Gasteiger partial charge in [-0.05, 0) is 18.2 Å². The number of methoxy groups -OCH3 is 2. The predicted molar refractivity (Wildman–Crippen MR) is 75.9 cm³/mol. The highest BCUT2D eigenvalue weighted by Gasteiger charge is 2.11. The first kappa shape index (κ1) is 16.6. The third kappa shape index (κ3) is 6.05. The molecule has 7 nitrogen and oxygen atoms in total. The lowest BCUT2D eigenvalue weighted by Crippen LogP contribution is -2.30. The first-order valence-corrected chi connectivity index (χ1v) is 6.30. The maximum atomic E-state index is 11.7. The van der Waals surface area contributed by atoms with Crippen molar-refractivity contribution in [2.75, 3.05) is 32.7 Å². The van der Waals surface area contributed by atoms with E-state index in [-0.39, 0.29) is 6.42 Å². The molecule has 0 saturated carbocycles. The van der Waals surface area contributed by atoms with Crippen molar-refractivity contribution < 1.29 is 23.9 Å². The van der Waals surface area contributed by atoms with Crippen molar-refractivity contribution in [1.29, 1.82) is 0 Å². The van der Waals surface area contributed by atoms with Gasteiger partial charge >= 0.3 is 5.97 Å². The van der Waals surface area contributed by atoms with Crippen molar-refractivity contribution in [3.05, 3.63) is 29.8 Å². The molecule has 114 valence electrons. The van der Waals surface area contributed by atoms with Gasteiger partial charge in [0.25, 0.3) is 0 Å². The number of ether oxygens (including phenoxy) is 2. The van der Waals surface area contributed by atoms with Crippen molar-refractivity contribution in [2.45, 2.75) is 6.42 Å².